The fourth-order valence-electron chi connectivity index (χ4n) is 4.80. The monoisotopic (exact) mass is 696 g/mol. The summed E-state index contributed by atoms with van der Waals surface area (Å²) in [5, 5.41) is 14.9. The fraction of sp³-hybridized carbons (Fsp3) is 0.235. The lowest BCUT2D eigenvalue weighted by Crippen LogP contribution is -2.53. The number of carbonyl (C=O) groups excluding carboxylic acids is 2. The highest BCUT2D eigenvalue weighted by molar-refractivity contribution is 7.92. The van der Waals surface area contributed by atoms with Crippen molar-refractivity contribution in [1.82, 2.24) is 10.2 Å². The number of carbonyl (C=O) groups is 2. The van der Waals surface area contributed by atoms with E-state index in [2.05, 4.69) is 5.32 Å². The van der Waals surface area contributed by atoms with Crippen LogP contribution in [0.3, 0.4) is 0 Å². The van der Waals surface area contributed by atoms with Crippen molar-refractivity contribution in [3.05, 3.63) is 134 Å². The molecule has 47 heavy (non-hydrogen) atoms. The van der Waals surface area contributed by atoms with E-state index < -0.39 is 39.3 Å². The normalized spacial score (nSPS) is 11.9. The molecule has 0 saturated heterocycles. The van der Waals surface area contributed by atoms with Crippen molar-refractivity contribution in [3.63, 3.8) is 0 Å². The molecule has 4 aromatic rings. The van der Waals surface area contributed by atoms with E-state index in [1.165, 1.54) is 35.2 Å². The summed E-state index contributed by atoms with van der Waals surface area (Å²) in [6.45, 7) is 3.38. The summed E-state index contributed by atoms with van der Waals surface area (Å²) in [6.07, 6.45) is 0.130. The molecule has 0 radical (unpaired) electrons. The maximum Gasteiger partial charge on any atom is 0.269 e. The smallest absolute Gasteiger partial charge is 0.269 e. The maximum atomic E-state index is 14.5. The molecule has 0 aromatic heterocycles. The van der Waals surface area contributed by atoms with Crippen LogP contribution in [0.1, 0.15) is 25.0 Å². The second-order valence-corrected chi connectivity index (χ2v) is 13.9. The van der Waals surface area contributed by atoms with Gasteiger partial charge >= 0.3 is 0 Å². The lowest BCUT2D eigenvalue weighted by Gasteiger charge is -2.34. The minimum atomic E-state index is -4.36. The van der Waals surface area contributed by atoms with Crippen molar-refractivity contribution in [2.24, 2.45) is 5.92 Å². The molecule has 0 spiro atoms. The summed E-state index contributed by atoms with van der Waals surface area (Å²) < 4.78 is 29.0. The first-order valence-corrected chi connectivity index (χ1v) is 16.9. The summed E-state index contributed by atoms with van der Waals surface area (Å²) >= 11 is 12.7. The number of benzene rings is 4. The Morgan fingerprint density at radius 3 is 2.09 bits per heavy atom. The second-order valence-electron chi connectivity index (χ2n) is 11.2. The molecule has 0 saturated carbocycles. The van der Waals surface area contributed by atoms with Crippen molar-refractivity contribution in [3.8, 4) is 0 Å². The first-order chi connectivity index (χ1) is 22.4. The number of sulfonamides is 1. The number of nitrogens with zero attached hydrogens (tertiary/aromatic N) is 3. The Bertz CT molecular complexity index is 1810. The molecule has 4 aromatic carbocycles. The molecule has 0 aliphatic rings. The van der Waals surface area contributed by atoms with Crippen LogP contribution < -0.4 is 9.62 Å². The van der Waals surface area contributed by atoms with Crippen LogP contribution >= 0.6 is 23.2 Å². The van der Waals surface area contributed by atoms with Crippen LogP contribution in [0.4, 0.5) is 11.4 Å². The van der Waals surface area contributed by atoms with Crippen LogP contribution in [0.25, 0.3) is 0 Å². The number of non-ortho nitro benzene ring substituents is 1. The third-order valence-corrected chi connectivity index (χ3v) is 9.65. The second kappa shape index (κ2) is 15.9. The van der Waals surface area contributed by atoms with Crippen LogP contribution in [0.5, 0.6) is 0 Å². The number of hydrogen-bond acceptors (Lipinski definition) is 6. The van der Waals surface area contributed by atoms with Crippen molar-refractivity contribution >= 4 is 56.4 Å². The quantitative estimate of drug-likeness (QED) is 0.118. The van der Waals surface area contributed by atoms with E-state index in [-0.39, 0.29) is 40.2 Å². The predicted molar refractivity (Wildman–Crippen MR) is 183 cm³/mol. The summed E-state index contributed by atoms with van der Waals surface area (Å²) in [5.41, 5.74) is 1.05. The van der Waals surface area contributed by atoms with Crippen molar-refractivity contribution < 1.29 is 22.9 Å². The number of nitrogens with one attached hydrogen (secondary N) is 1. The highest BCUT2D eigenvalue weighted by Crippen LogP contribution is 2.28. The average molecular weight is 698 g/mol. The summed E-state index contributed by atoms with van der Waals surface area (Å²) in [4.78, 5) is 40.3. The number of nitro groups is 1. The van der Waals surface area contributed by atoms with Gasteiger partial charge in [-0.15, -0.1) is 0 Å². The van der Waals surface area contributed by atoms with Crippen LogP contribution in [0.15, 0.2) is 108 Å². The van der Waals surface area contributed by atoms with Crippen LogP contribution in [-0.4, -0.2) is 49.2 Å². The standard InChI is InChI=1S/C34H34Cl2N4O6S/c1-24(2)21-37-34(42)32(19-25-9-5-3-6-10-25)38(22-26-13-14-27(35)20-31(26)36)33(41)23-39(28-15-17-29(18-16-28)40(43)44)47(45,46)30-11-7-4-8-12-30/h3-18,20,24,32H,19,21-23H2,1-2H3,(H,37,42)/t32-/m0/s1. The van der Waals surface area contributed by atoms with Gasteiger partial charge in [0.1, 0.15) is 12.6 Å². The van der Waals surface area contributed by atoms with Gasteiger partial charge in [-0.3, -0.25) is 24.0 Å². The minimum Gasteiger partial charge on any atom is -0.354 e. The summed E-state index contributed by atoms with van der Waals surface area (Å²) in [7, 11) is -4.36. The van der Waals surface area contributed by atoms with Gasteiger partial charge in [0, 0.05) is 41.7 Å². The van der Waals surface area contributed by atoms with Gasteiger partial charge in [0.15, 0.2) is 0 Å². The molecule has 1 atom stereocenters. The number of halogens is 2. The molecule has 246 valence electrons. The Morgan fingerprint density at radius 2 is 1.51 bits per heavy atom. The molecule has 0 unspecified atom stereocenters. The molecule has 0 bridgehead atoms. The third-order valence-electron chi connectivity index (χ3n) is 7.27. The molecule has 4 rings (SSSR count). The molecule has 13 heteroatoms. The van der Waals surface area contributed by atoms with Gasteiger partial charge in [0.25, 0.3) is 15.7 Å². The molecular formula is C34H34Cl2N4O6S. The topological polar surface area (TPSA) is 130 Å². The van der Waals surface area contributed by atoms with Gasteiger partial charge in [-0.1, -0.05) is 91.6 Å². The van der Waals surface area contributed by atoms with Gasteiger partial charge in [-0.05, 0) is 53.4 Å². The zero-order valence-electron chi connectivity index (χ0n) is 25.8. The summed E-state index contributed by atoms with van der Waals surface area (Å²) in [5.74, 6) is -0.997. The average Bonchev–Trinajstić information content (AvgIpc) is 3.05. The SMILES string of the molecule is CC(C)CNC(=O)[C@H](Cc1ccccc1)N(Cc1ccc(Cl)cc1Cl)C(=O)CN(c1ccc([N+](=O)[O-])cc1)S(=O)(=O)c1ccccc1. The largest absolute Gasteiger partial charge is 0.354 e. The molecular weight excluding hydrogens is 663 g/mol. The van der Waals surface area contributed by atoms with Crippen molar-refractivity contribution in [1.29, 1.82) is 0 Å². The van der Waals surface area contributed by atoms with Gasteiger partial charge < -0.3 is 10.2 Å². The van der Waals surface area contributed by atoms with E-state index in [4.69, 9.17) is 23.2 Å². The van der Waals surface area contributed by atoms with Crippen molar-refractivity contribution in [2.45, 2.75) is 37.8 Å². The van der Waals surface area contributed by atoms with E-state index in [0.29, 0.717) is 17.1 Å². The van der Waals surface area contributed by atoms with E-state index in [1.54, 1.807) is 30.3 Å². The summed E-state index contributed by atoms with van der Waals surface area (Å²) in [6, 6.07) is 25.3. The van der Waals surface area contributed by atoms with Gasteiger partial charge in [-0.25, -0.2) is 8.42 Å². The fourth-order valence-corrected chi connectivity index (χ4v) is 6.70. The Kier molecular flexibility index (Phi) is 12.0. The highest BCUT2D eigenvalue weighted by Gasteiger charge is 2.35. The van der Waals surface area contributed by atoms with Gasteiger partial charge in [0.05, 0.1) is 15.5 Å². The molecule has 0 heterocycles. The number of hydrogen-bond donors (Lipinski definition) is 1. The van der Waals surface area contributed by atoms with Gasteiger partial charge in [-0.2, -0.15) is 0 Å². The molecule has 0 aliphatic heterocycles. The minimum absolute atomic E-state index is 0.0288. The van der Waals surface area contributed by atoms with Crippen molar-refractivity contribution in [2.75, 3.05) is 17.4 Å². The Hall–Kier alpha value is -4.45. The first-order valence-electron chi connectivity index (χ1n) is 14.7. The lowest BCUT2D eigenvalue weighted by atomic mass is 10.0. The molecule has 0 fully saturated rings. The van der Waals surface area contributed by atoms with Crippen LogP contribution in [0.2, 0.25) is 10.0 Å². The van der Waals surface area contributed by atoms with E-state index in [0.717, 1.165) is 22.0 Å². The highest BCUT2D eigenvalue weighted by atomic mass is 35.5. The van der Waals surface area contributed by atoms with E-state index in [9.17, 15) is 28.1 Å². The Labute approximate surface area is 284 Å². The number of amides is 2. The number of anilines is 1. The number of nitro benzene ring substituents is 1. The lowest BCUT2D eigenvalue weighted by molar-refractivity contribution is -0.384. The zero-order valence-corrected chi connectivity index (χ0v) is 28.1. The molecule has 10 nitrogen and oxygen atoms in total. The van der Waals surface area contributed by atoms with Gasteiger partial charge in [0.2, 0.25) is 11.8 Å². The maximum absolute atomic E-state index is 14.5. The van der Waals surface area contributed by atoms with Crippen LogP contribution in [0, 0.1) is 16.0 Å². The third kappa shape index (κ3) is 9.31. The Balaban J connectivity index is 1.82. The zero-order chi connectivity index (χ0) is 34.1. The van der Waals surface area contributed by atoms with Crippen LogP contribution in [-0.2, 0) is 32.6 Å². The predicted octanol–water partition coefficient (Wildman–Crippen LogP) is 6.51. The molecule has 1 N–H and O–H groups in total. The first kappa shape index (κ1) is 35.4. The van der Waals surface area contributed by atoms with E-state index in [1.807, 2.05) is 44.2 Å². The molecule has 0 aliphatic carbocycles. The Morgan fingerprint density at radius 1 is 0.894 bits per heavy atom. The van der Waals surface area contributed by atoms with E-state index >= 15 is 0 Å². The number of rotatable bonds is 14. The molecule has 2 amide bonds.